The molecule has 37 heavy (non-hydrogen) atoms. The minimum absolute atomic E-state index is 0. The number of halogens is 4. The standard InChI is InChI=1S/C25H29ClN6OS.3ClH/c1-16(2)14-33-23-7-4-17(26)12-21(23)29-25-30-22(15-34-25)24-27-19-6-5-18(13-20(19)28-24)32-10-8-31(3)9-11-32;;;/h4-7,12-13,15-16H,8-11,14H2,1-3H3,(H,27,28)(H,29,30);3*1H. The van der Waals surface area contributed by atoms with Crippen LogP contribution in [0.2, 0.25) is 5.02 Å². The van der Waals surface area contributed by atoms with Crippen molar-refractivity contribution in [1.82, 2.24) is 19.9 Å². The predicted octanol–water partition coefficient (Wildman–Crippen LogP) is 7.14. The van der Waals surface area contributed by atoms with E-state index in [0.29, 0.717) is 17.5 Å². The van der Waals surface area contributed by atoms with Gasteiger partial charge < -0.3 is 24.8 Å². The zero-order valence-corrected chi connectivity index (χ0v) is 24.9. The van der Waals surface area contributed by atoms with Gasteiger partial charge in [-0.25, -0.2) is 9.97 Å². The molecule has 3 heterocycles. The summed E-state index contributed by atoms with van der Waals surface area (Å²) in [4.78, 5) is 17.8. The summed E-state index contributed by atoms with van der Waals surface area (Å²) in [5, 5.41) is 6.76. The maximum absolute atomic E-state index is 6.23. The van der Waals surface area contributed by atoms with Crippen LogP contribution in [0.25, 0.3) is 22.6 Å². The van der Waals surface area contributed by atoms with Gasteiger partial charge in [0.15, 0.2) is 11.0 Å². The van der Waals surface area contributed by atoms with Crippen LogP contribution in [0.4, 0.5) is 16.5 Å². The molecule has 2 N–H and O–H groups in total. The van der Waals surface area contributed by atoms with Crippen LogP contribution in [0.1, 0.15) is 13.8 Å². The molecule has 4 aromatic rings. The third-order valence-electron chi connectivity index (χ3n) is 5.84. The topological polar surface area (TPSA) is 69.3 Å². The zero-order valence-electron chi connectivity index (χ0n) is 20.9. The van der Waals surface area contributed by atoms with Crippen LogP contribution >= 0.6 is 60.2 Å². The fourth-order valence-electron chi connectivity index (χ4n) is 3.91. The first kappa shape index (κ1) is 31.3. The molecule has 0 aliphatic carbocycles. The number of H-pyrrole nitrogens is 1. The number of imidazole rings is 1. The van der Waals surface area contributed by atoms with Crippen molar-refractivity contribution in [2.24, 2.45) is 5.92 Å². The van der Waals surface area contributed by atoms with Crippen molar-refractivity contribution in [2.75, 3.05) is 50.1 Å². The van der Waals surface area contributed by atoms with Crippen LogP contribution in [0.15, 0.2) is 41.8 Å². The number of aromatic nitrogens is 3. The molecule has 12 heteroatoms. The molecule has 0 saturated carbocycles. The van der Waals surface area contributed by atoms with E-state index >= 15 is 0 Å². The SMILES string of the molecule is CC(C)COc1ccc(Cl)cc1Nc1nc(-c2nc3cc(N4CCN(C)CC4)ccc3[nH]2)cs1.Cl.Cl.Cl. The Bertz CT molecular complexity index is 1290. The number of benzene rings is 2. The number of ether oxygens (including phenoxy) is 1. The molecule has 0 amide bonds. The number of hydrogen-bond donors (Lipinski definition) is 2. The van der Waals surface area contributed by atoms with E-state index in [-0.39, 0.29) is 37.2 Å². The summed E-state index contributed by atoms with van der Waals surface area (Å²) in [6.45, 7) is 9.10. The number of thiazole rings is 1. The van der Waals surface area contributed by atoms with Crippen molar-refractivity contribution >= 4 is 87.7 Å². The second kappa shape index (κ2) is 13.7. The van der Waals surface area contributed by atoms with E-state index in [1.165, 1.54) is 17.0 Å². The number of piperazine rings is 1. The summed E-state index contributed by atoms with van der Waals surface area (Å²) in [5.74, 6) is 1.95. The highest BCUT2D eigenvalue weighted by atomic mass is 35.5. The molecule has 0 unspecified atom stereocenters. The Balaban J connectivity index is 0.00000160. The molecule has 1 fully saturated rings. The van der Waals surface area contributed by atoms with Crippen LogP contribution in [0.5, 0.6) is 5.75 Å². The van der Waals surface area contributed by atoms with Gasteiger partial charge >= 0.3 is 0 Å². The summed E-state index contributed by atoms with van der Waals surface area (Å²) in [7, 11) is 2.17. The second-order valence-corrected chi connectivity index (χ2v) is 10.4. The summed E-state index contributed by atoms with van der Waals surface area (Å²) in [5.41, 5.74) is 4.78. The molecule has 0 spiro atoms. The van der Waals surface area contributed by atoms with Crippen molar-refractivity contribution < 1.29 is 4.74 Å². The van der Waals surface area contributed by atoms with Gasteiger partial charge in [0.25, 0.3) is 0 Å². The molecule has 1 aliphatic heterocycles. The van der Waals surface area contributed by atoms with E-state index in [9.17, 15) is 0 Å². The first-order chi connectivity index (χ1) is 16.4. The first-order valence-electron chi connectivity index (χ1n) is 11.5. The number of nitrogens with one attached hydrogen (secondary N) is 2. The van der Waals surface area contributed by atoms with Crippen molar-refractivity contribution in [3.63, 3.8) is 0 Å². The summed E-state index contributed by atoms with van der Waals surface area (Å²) in [6, 6.07) is 12.0. The molecule has 0 bridgehead atoms. The minimum atomic E-state index is 0. The van der Waals surface area contributed by atoms with E-state index < -0.39 is 0 Å². The van der Waals surface area contributed by atoms with Gasteiger partial charge in [0.05, 0.1) is 23.3 Å². The zero-order chi connectivity index (χ0) is 23.7. The first-order valence-corrected chi connectivity index (χ1v) is 12.8. The Morgan fingerprint density at radius 3 is 2.54 bits per heavy atom. The molecule has 2 aromatic heterocycles. The molecular formula is C25H32Cl4N6OS. The Kier molecular flexibility index (Phi) is 11.6. The normalized spacial score (nSPS) is 13.6. The Morgan fingerprint density at radius 1 is 1.05 bits per heavy atom. The number of hydrogen-bond acceptors (Lipinski definition) is 7. The van der Waals surface area contributed by atoms with Crippen LogP contribution in [-0.2, 0) is 0 Å². The number of likely N-dealkylation sites (N-methyl/N-ethyl adjacent to an activating group) is 1. The van der Waals surface area contributed by atoms with Gasteiger partial charge in [-0.1, -0.05) is 25.4 Å². The van der Waals surface area contributed by atoms with Gasteiger partial charge in [-0.15, -0.1) is 48.6 Å². The fourth-order valence-corrected chi connectivity index (χ4v) is 4.79. The number of anilines is 3. The van der Waals surface area contributed by atoms with Crippen molar-refractivity contribution in [3.05, 3.63) is 46.8 Å². The Labute approximate surface area is 245 Å². The molecule has 0 atom stereocenters. The molecule has 2 aromatic carbocycles. The number of rotatable bonds is 7. The lowest BCUT2D eigenvalue weighted by Crippen LogP contribution is -2.44. The maximum atomic E-state index is 6.23. The van der Waals surface area contributed by atoms with E-state index in [0.717, 1.165) is 65.3 Å². The van der Waals surface area contributed by atoms with Crippen molar-refractivity contribution in [3.8, 4) is 17.3 Å². The van der Waals surface area contributed by atoms with E-state index in [4.69, 9.17) is 26.3 Å². The molecule has 7 nitrogen and oxygen atoms in total. The van der Waals surface area contributed by atoms with Gasteiger partial charge in [-0.3, -0.25) is 0 Å². The highest BCUT2D eigenvalue weighted by Gasteiger charge is 2.16. The molecule has 5 rings (SSSR count). The van der Waals surface area contributed by atoms with E-state index in [1.54, 1.807) is 0 Å². The van der Waals surface area contributed by atoms with Gasteiger partial charge in [0.2, 0.25) is 0 Å². The van der Waals surface area contributed by atoms with Crippen LogP contribution in [-0.4, -0.2) is 59.7 Å². The highest BCUT2D eigenvalue weighted by molar-refractivity contribution is 7.14. The van der Waals surface area contributed by atoms with E-state index in [1.807, 2.05) is 23.6 Å². The third kappa shape index (κ3) is 7.56. The lowest BCUT2D eigenvalue weighted by molar-refractivity contribution is 0.272. The monoisotopic (exact) mass is 604 g/mol. The summed E-state index contributed by atoms with van der Waals surface area (Å²) < 4.78 is 5.95. The summed E-state index contributed by atoms with van der Waals surface area (Å²) >= 11 is 7.76. The number of nitrogens with zero attached hydrogens (tertiary/aromatic N) is 4. The fraction of sp³-hybridized carbons (Fsp3) is 0.360. The van der Waals surface area contributed by atoms with Gasteiger partial charge in [0.1, 0.15) is 11.4 Å². The van der Waals surface area contributed by atoms with Crippen LogP contribution in [0.3, 0.4) is 0 Å². The van der Waals surface area contributed by atoms with Gasteiger partial charge in [-0.05, 0) is 49.4 Å². The predicted molar refractivity (Wildman–Crippen MR) is 164 cm³/mol. The molecule has 1 aliphatic rings. The van der Waals surface area contributed by atoms with Crippen LogP contribution < -0.4 is 15.0 Å². The lowest BCUT2D eigenvalue weighted by Gasteiger charge is -2.34. The average Bonchev–Trinajstić information content (AvgIpc) is 3.45. The largest absolute Gasteiger partial charge is 0.491 e. The molecular weight excluding hydrogens is 574 g/mol. The molecule has 202 valence electrons. The lowest BCUT2D eigenvalue weighted by atomic mass is 10.2. The highest BCUT2D eigenvalue weighted by Crippen LogP contribution is 2.34. The average molecular weight is 606 g/mol. The number of fused-ring (bicyclic) bond motifs is 1. The molecule has 1 saturated heterocycles. The molecule has 0 radical (unpaired) electrons. The number of aromatic amines is 1. The van der Waals surface area contributed by atoms with Crippen molar-refractivity contribution in [1.29, 1.82) is 0 Å². The van der Waals surface area contributed by atoms with Crippen LogP contribution in [0, 0.1) is 5.92 Å². The summed E-state index contributed by atoms with van der Waals surface area (Å²) in [6.07, 6.45) is 0. The Morgan fingerprint density at radius 2 is 1.81 bits per heavy atom. The van der Waals surface area contributed by atoms with Gasteiger partial charge in [-0.2, -0.15) is 0 Å². The quantitative estimate of drug-likeness (QED) is 0.233. The smallest absolute Gasteiger partial charge is 0.187 e. The van der Waals surface area contributed by atoms with Gasteiger partial charge in [0, 0.05) is 42.3 Å². The minimum Gasteiger partial charge on any atom is -0.491 e. The maximum Gasteiger partial charge on any atom is 0.187 e. The van der Waals surface area contributed by atoms with Crippen molar-refractivity contribution in [2.45, 2.75) is 13.8 Å². The Hall–Kier alpha value is -1.94. The third-order valence-corrected chi connectivity index (χ3v) is 6.83. The second-order valence-electron chi connectivity index (χ2n) is 9.09. The van der Waals surface area contributed by atoms with E-state index in [2.05, 4.69) is 59.2 Å².